The normalized spacial score (nSPS) is 14.2. The Labute approximate surface area is 115 Å². The zero-order valence-electron chi connectivity index (χ0n) is 12.4. The van der Waals surface area contributed by atoms with E-state index >= 15 is 0 Å². The van der Waals surface area contributed by atoms with Gasteiger partial charge in [0.05, 0.1) is 17.7 Å². The van der Waals surface area contributed by atoms with Gasteiger partial charge in [-0.2, -0.15) is 0 Å². The van der Waals surface area contributed by atoms with Crippen LogP contribution in [0.1, 0.15) is 59.8 Å². The standard InChI is InChI=1S/C13H27O5P/c1-5-9-11(19(15,16)17)10-13(6-2,7-3)12(14)18-8-4/h11H,5-10H2,1-4H3,(H2,15,16,17). The van der Waals surface area contributed by atoms with Crippen LogP contribution >= 0.6 is 7.60 Å². The van der Waals surface area contributed by atoms with Crippen molar-refractivity contribution in [2.45, 2.75) is 65.5 Å². The molecule has 1 unspecified atom stereocenters. The fourth-order valence-electron chi connectivity index (χ4n) is 2.37. The molecule has 0 saturated carbocycles. The predicted octanol–water partition coefficient (Wildman–Crippen LogP) is 3.09. The Hall–Kier alpha value is -0.380. The Morgan fingerprint density at radius 1 is 1.21 bits per heavy atom. The van der Waals surface area contributed by atoms with Crippen LogP contribution in [0.15, 0.2) is 0 Å². The van der Waals surface area contributed by atoms with Crippen molar-refractivity contribution in [2.24, 2.45) is 5.41 Å². The summed E-state index contributed by atoms with van der Waals surface area (Å²) < 4.78 is 16.6. The largest absolute Gasteiger partial charge is 0.466 e. The highest BCUT2D eigenvalue weighted by atomic mass is 31.2. The van der Waals surface area contributed by atoms with Gasteiger partial charge < -0.3 is 14.5 Å². The lowest BCUT2D eigenvalue weighted by atomic mass is 9.77. The van der Waals surface area contributed by atoms with Crippen LogP contribution in [0.2, 0.25) is 0 Å². The maximum atomic E-state index is 12.1. The van der Waals surface area contributed by atoms with Gasteiger partial charge in [0.25, 0.3) is 0 Å². The second-order valence-electron chi connectivity index (χ2n) is 4.94. The number of rotatable bonds is 9. The molecule has 0 radical (unpaired) electrons. The van der Waals surface area contributed by atoms with Gasteiger partial charge in [0.2, 0.25) is 0 Å². The molecule has 0 bridgehead atoms. The summed E-state index contributed by atoms with van der Waals surface area (Å²) in [7, 11) is -4.18. The Morgan fingerprint density at radius 3 is 2.05 bits per heavy atom. The average Bonchev–Trinajstić information content (AvgIpc) is 2.33. The molecule has 0 aliphatic heterocycles. The van der Waals surface area contributed by atoms with Crippen LogP contribution in [0.4, 0.5) is 0 Å². The summed E-state index contributed by atoms with van der Waals surface area (Å²) >= 11 is 0. The van der Waals surface area contributed by atoms with Crippen molar-refractivity contribution in [2.75, 3.05) is 6.61 Å². The smallest absolute Gasteiger partial charge is 0.328 e. The number of ether oxygens (including phenoxy) is 1. The van der Waals surface area contributed by atoms with Crippen molar-refractivity contribution in [1.82, 2.24) is 0 Å². The highest BCUT2D eigenvalue weighted by Crippen LogP contribution is 2.50. The predicted molar refractivity (Wildman–Crippen MR) is 75.0 cm³/mol. The minimum atomic E-state index is -4.18. The van der Waals surface area contributed by atoms with Gasteiger partial charge in [-0.15, -0.1) is 0 Å². The molecule has 0 fully saturated rings. The molecule has 0 amide bonds. The van der Waals surface area contributed by atoms with Crippen molar-refractivity contribution in [3.63, 3.8) is 0 Å². The van der Waals surface area contributed by atoms with E-state index < -0.39 is 18.7 Å². The minimum absolute atomic E-state index is 0.191. The van der Waals surface area contributed by atoms with E-state index in [2.05, 4.69) is 0 Å². The molecule has 0 aliphatic carbocycles. The van der Waals surface area contributed by atoms with Crippen LogP contribution in [0.25, 0.3) is 0 Å². The molecule has 0 aromatic carbocycles. The van der Waals surface area contributed by atoms with Crippen molar-refractivity contribution in [1.29, 1.82) is 0 Å². The van der Waals surface area contributed by atoms with Gasteiger partial charge in [-0.1, -0.05) is 27.2 Å². The number of hydrogen-bond acceptors (Lipinski definition) is 3. The second-order valence-corrected chi connectivity index (χ2v) is 6.85. The maximum absolute atomic E-state index is 12.1. The molecule has 6 heteroatoms. The number of esters is 1. The second kappa shape index (κ2) is 8.03. The van der Waals surface area contributed by atoms with Crippen LogP contribution < -0.4 is 0 Å². The lowest BCUT2D eigenvalue weighted by Gasteiger charge is -2.33. The zero-order valence-corrected chi connectivity index (χ0v) is 13.3. The fourth-order valence-corrected chi connectivity index (χ4v) is 3.55. The maximum Gasteiger partial charge on any atom is 0.328 e. The van der Waals surface area contributed by atoms with Gasteiger partial charge in [-0.25, -0.2) is 0 Å². The summed E-state index contributed by atoms with van der Waals surface area (Å²) in [4.78, 5) is 31.0. The van der Waals surface area contributed by atoms with Gasteiger partial charge in [-0.3, -0.25) is 9.36 Å². The van der Waals surface area contributed by atoms with E-state index in [0.29, 0.717) is 25.7 Å². The lowest BCUT2D eigenvalue weighted by molar-refractivity contribution is -0.156. The van der Waals surface area contributed by atoms with Gasteiger partial charge in [-0.05, 0) is 32.6 Å². The minimum Gasteiger partial charge on any atom is -0.466 e. The molecule has 0 saturated heterocycles. The first kappa shape index (κ1) is 18.6. The van der Waals surface area contributed by atoms with Crippen LogP contribution in [-0.2, 0) is 14.1 Å². The van der Waals surface area contributed by atoms with Crippen molar-refractivity contribution >= 4 is 13.6 Å². The fraction of sp³-hybridized carbons (Fsp3) is 0.923. The average molecular weight is 294 g/mol. The molecule has 0 spiro atoms. The van der Waals surface area contributed by atoms with Crippen LogP contribution in [0, 0.1) is 5.41 Å². The van der Waals surface area contributed by atoms with E-state index in [4.69, 9.17) is 4.74 Å². The first-order valence-corrected chi connectivity index (χ1v) is 8.67. The summed E-state index contributed by atoms with van der Waals surface area (Å²) in [5, 5.41) is 0. The molecule has 2 N–H and O–H groups in total. The quantitative estimate of drug-likeness (QED) is 0.504. The third-order valence-corrected chi connectivity index (χ3v) is 5.18. The van der Waals surface area contributed by atoms with Gasteiger partial charge in [0.15, 0.2) is 0 Å². The van der Waals surface area contributed by atoms with E-state index in [-0.39, 0.29) is 19.0 Å². The van der Waals surface area contributed by atoms with Crippen molar-refractivity contribution in [3.05, 3.63) is 0 Å². The molecular formula is C13H27O5P. The first-order valence-electron chi connectivity index (χ1n) is 6.99. The Bertz CT molecular complexity index is 319. The van der Waals surface area contributed by atoms with Crippen LogP contribution in [0.3, 0.4) is 0 Å². The van der Waals surface area contributed by atoms with E-state index in [1.165, 1.54) is 0 Å². The topological polar surface area (TPSA) is 83.8 Å². The SMILES string of the molecule is CCCC(CC(CC)(CC)C(=O)OCC)P(=O)(O)O. The molecule has 0 rings (SSSR count). The highest BCUT2D eigenvalue weighted by Gasteiger charge is 2.42. The van der Waals surface area contributed by atoms with Crippen LogP contribution in [0.5, 0.6) is 0 Å². The number of carbonyl (C=O) groups is 1. The van der Waals surface area contributed by atoms with E-state index in [1.807, 2.05) is 20.8 Å². The molecule has 1 atom stereocenters. The first-order chi connectivity index (χ1) is 8.77. The molecule has 0 aromatic heterocycles. The summed E-state index contributed by atoms with van der Waals surface area (Å²) in [6, 6.07) is 0. The van der Waals surface area contributed by atoms with E-state index in [1.54, 1.807) is 6.92 Å². The van der Waals surface area contributed by atoms with Crippen LogP contribution in [-0.4, -0.2) is 28.0 Å². The van der Waals surface area contributed by atoms with E-state index in [0.717, 1.165) is 0 Å². The molecule has 114 valence electrons. The Morgan fingerprint density at radius 2 is 1.74 bits per heavy atom. The van der Waals surface area contributed by atoms with Crippen molar-refractivity contribution in [3.8, 4) is 0 Å². The summed E-state index contributed by atoms with van der Waals surface area (Å²) in [6.45, 7) is 7.63. The zero-order chi connectivity index (χ0) is 15.1. The summed E-state index contributed by atoms with van der Waals surface area (Å²) in [5.74, 6) is -0.338. The Kier molecular flexibility index (Phi) is 7.87. The lowest BCUT2D eigenvalue weighted by Crippen LogP contribution is -2.35. The Balaban J connectivity index is 5.18. The molecular weight excluding hydrogens is 267 g/mol. The molecule has 19 heavy (non-hydrogen) atoms. The summed E-state index contributed by atoms with van der Waals surface area (Å²) in [5.41, 5.74) is -1.54. The molecule has 0 heterocycles. The molecule has 0 aliphatic rings. The molecule has 5 nitrogen and oxygen atoms in total. The van der Waals surface area contributed by atoms with Gasteiger partial charge in [0, 0.05) is 0 Å². The number of carbonyl (C=O) groups excluding carboxylic acids is 1. The monoisotopic (exact) mass is 294 g/mol. The molecule has 0 aromatic rings. The summed E-state index contributed by atoms with van der Waals surface area (Å²) in [6.07, 6.45) is 2.36. The number of hydrogen-bond donors (Lipinski definition) is 2. The van der Waals surface area contributed by atoms with Gasteiger partial charge in [0.1, 0.15) is 0 Å². The third kappa shape index (κ3) is 5.25. The van der Waals surface area contributed by atoms with E-state index in [9.17, 15) is 19.1 Å². The highest BCUT2D eigenvalue weighted by molar-refractivity contribution is 7.52. The van der Waals surface area contributed by atoms with Gasteiger partial charge >= 0.3 is 13.6 Å². The van der Waals surface area contributed by atoms with Crippen molar-refractivity contribution < 1.29 is 23.9 Å². The third-order valence-electron chi connectivity index (χ3n) is 3.79.